The summed E-state index contributed by atoms with van der Waals surface area (Å²) in [7, 11) is 0. The second kappa shape index (κ2) is 5.16. The molecule has 0 amide bonds. The number of hydrogen-bond acceptors (Lipinski definition) is 3. The molecule has 2 heterocycles. The highest BCUT2D eigenvalue weighted by Crippen LogP contribution is 2.32. The lowest BCUT2D eigenvalue weighted by molar-refractivity contribution is 0.0638. The predicted molar refractivity (Wildman–Crippen MR) is 65.0 cm³/mol. The molecule has 0 spiro atoms. The smallest absolute Gasteiger partial charge is 0.114 e. The van der Waals surface area contributed by atoms with Crippen LogP contribution >= 0.6 is 0 Å². The maximum atomic E-state index is 9.64. The van der Waals surface area contributed by atoms with E-state index < -0.39 is 0 Å². The molecule has 3 heteroatoms. The molecule has 2 saturated heterocycles. The summed E-state index contributed by atoms with van der Waals surface area (Å²) in [6.07, 6.45) is 6.20. The molecule has 2 aliphatic rings. The second-order valence-electron chi connectivity index (χ2n) is 5.29. The first-order chi connectivity index (χ1) is 7.79. The Morgan fingerprint density at radius 1 is 1.25 bits per heavy atom. The zero-order valence-corrected chi connectivity index (χ0v) is 10.3. The summed E-state index contributed by atoms with van der Waals surface area (Å²) in [5, 5.41) is 13.0. The number of rotatable bonds is 1. The minimum absolute atomic E-state index is 0.185. The van der Waals surface area contributed by atoms with Crippen LogP contribution in [0.1, 0.15) is 39.0 Å². The molecule has 90 valence electrons. The topological polar surface area (TPSA) is 39.1 Å². The Hall–Kier alpha value is -0.590. The second-order valence-corrected chi connectivity index (χ2v) is 5.29. The zero-order valence-electron chi connectivity index (χ0n) is 10.3. The number of nitriles is 1. The van der Waals surface area contributed by atoms with Gasteiger partial charge in [0.15, 0.2) is 0 Å². The number of nitrogens with one attached hydrogen (secondary N) is 1. The highest BCUT2D eigenvalue weighted by atomic mass is 15.2. The van der Waals surface area contributed by atoms with Crippen LogP contribution in [-0.2, 0) is 0 Å². The van der Waals surface area contributed by atoms with E-state index in [4.69, 9.17) is 0 Å². The van der Waals surface area contributed by atoms with Crippen molar-refractivity contribution in [1.82, 2.24) is 10.2 Å². The Kier molecular flexibility index (Phi) is 3.83. The SMILES string of the molecule is CC1CNCCC1(C#N)N1CCCCCC1. The molecule has 2 atom stereocenters. The summed E-state index contributed by atoms with van der Waals surface area (Å²) in [5.41, 5.74) is -0.185. The summed E-state index contributed by atoms with van der Waals surface area (Å²) in [4.78, 5) is 2.48. The van der Waals surface area contributed by atoms with E-state index in [9.17, 15) is 5.26 Å². The maximum Gasteiger partial charge on any atom is 0.114 e. The standard InChI is InChI=1S/C13H23N3/c1-12-10-15-7-6-13(12,11-14)16-8-4-2-3-5-9-16/h12,15H,2-10H2,1H3. The third-order valence-electron chi connectivity index (χ3n) is 4.31. The maximum absolute atomic E-state index is 9.64. The average molecular weight is 221 g/mol. The highest BCUT2D eigenvalue weighted by Gasteiger charge is 2.43. The monoisotopic (exact) mass is 221 g/mol. The van der Waals surface area contributed by atoms with Crippen LogP contribution in [0.4, 0.5) is 0 Å². The molecule has 3 nitrogen and oxygen atoms in total. The van der Waals surface area contributed by atoms with Gasteiger partial charge in [-0.25, -0.2) is 0 Å². The molecule has 0 radical (unpaired) electrons. The van der Waals surface area contributed by atoms with Gasteiger partial charge in [0, 0.05) is 12.5 Å². The largest absolute Gasteiger partial charge is 0.316 e. The van der Waals surface area contributed by atoms with Gasteiger partial charge >= 0.3 is 0 Å². The molecule has 2 fully saturated rings. The van der Waals surface area contributed by atoms with E-state index in [0.29, 0.717) is 5.92 Å². The quantitative estimate of drug-likeness (QED) is 0.733. The van der Waals surface area contributed by atoms with Crippen LogP contribution in [0.15, 0.2) is 0 Å². The Morgan fingerprint density at radius 3 is 2.50 bits per heavy atom. The van der Waals surface area contributed by atoms with Crippen LogP contribution in [0.2, 0.25) is 0 Å². The van der Waals surface area contributed by atoms with Gasteiger partial charge in [0.25, 0.3) is 0 Å². The molecule has 0 aromatic rings. The summed E-state index contributed by atoms with van der Waals surface area (Å²) < 4.78 is 0. The van der Waals surface area contributed by atoms with Crippen molar-refractivity contribution in [2.24, 2.45) is 5.92 Å². The lowest BCUT2D eigenvalue weighted by atomic mass is 9.79. The molecule has 1 N–H and O–H groups in total. The van der Waals surface area contributed by atoms with E-state index in [-0.39, 0.29) is 5.54 Å². The van der Waals surface area contributed by atoms with Crippen molar-refractivity contribution in [3.05, 3.63) is 0 Å². The van der Waals surface area contributed by atoms with Crippen LogP contribution in [0.3, 0.4) is 0 Å². The Bertz CT molecular complexity index is 263. The average Bonchev–Trinajstić information content (AvgIpc) is 2.59. The van der Waals surface area contributed by atoms with Crippen molar-refractivity contribution in [2.75, 3.05) is 26.2 Å². The molecule has 16 heavy (non-hydrogen) atoms. The summed E-state index contributed by atoms with van der Waals surface area (Å²) in [6, 6.07) is 2.65. The zero-order chi connectivity index (χ0) is 11.4. The van der Waals surface area contributed by atoms with Crippen molar-refractivity contribution in [2.45, 2.75) is 44.6 Å². The first-order valence-corrected chi connectivity index (χ1v) is 6.66. The lowest BCUT2D eigenvalue weighted by Crippen LogP contribution is -2.59. The Balaban J connectivity index is 2.15. The van der Waals surface area contributed by atoms with Crippen molar-refractivity contribution in [1.29, 1.82) is 5.26 Å². The third-order valence-corrected chi connectivity index (χ3v) is 4.31. The molecule has 0 aromatic heterocycles. The van der Waals surface area contributed by atoms with Crippen LogP contribution in [0.25, 0.3) is 0 Å². The van der Waals surface area contributed by atoms with Crippen LogP contribution in [-0.4, -0.2) is 36.6 Å². The number of piperidine rings is 1. The summed E-state index contributed by atoms with van der Waals surface area (Å²) in [5.74, 6) is 0.448. The summed E-state index contributed by atoms with van der Waals surface area (Å²) in [6.45, 7) is 6.45. The van der Waals surface area contributed by atoms with Gasteiger partial charge in [0.1, 0.15) is 5.54 Å². The lowest BCUT2D eigenvalue weighted by Gasteiger charge is -2.45. The van der Waals surface area contributed by atoms with Gasteiger partial charge in [-0.3, -0.25) is 4.90 Å². The molecule has 0 saturated carbocycles. The van der Waals surface area contributed by atoms with Gasteiger partial charge in [-0.2, -0.15) is 5.26 Å². The minimum atomic E-state index is -0.185. The molecule has 2 rings (SSSR count). The number of hydrogen-bond donors (Lipinski definition) is 1. The fourth-order valence-electron chi connectivity index (χ4n) is 3.19. The number of nitrogens with zero attached hydrogens (tertiary/aromatic N) is 2. The van der Waals surface area contributed by atoms with Crippen molar-refractivity contribution in [3.63, 3.8) is 0 Å². The van der Waals surface area contributed by atoms with Crippen molar-refractivity contribution < 1.29 is 0 Å². The highest BCUT2D eigenvalue weighted by molar-refractivity contribution is 5.13. The third kappa shape index (κ3) is 2.09. The predicted octanol–water partition coefficient (Wildman–Crippen LogP) is 1.75. The van der Waals surface area contributed by atoms with Gasteiger partial charge in [-0.15, -0.1) is 0 Å². The summed E-state index contributed by atoms with van der Waals surface area (Å²) >= 11 is 0. The number of likely N-dealkylation sites (tertiary alicyclic amines) is 1. The van der Waals surface area contributed by atoms with E-state index in [1.807, 2.05) is 0 Å². The van der Waals surface area contributed by atoms with Crippen LogP contribution in [0, 0.1) is 17.2 Å². The van der Waals surface area contributed by atoms with Crippen LogP contribution in [0.5, 0.6) is 0 Å². The fourth-order valence-corrected chi connectivity index (χ4v) is 3.19. The van der Waals surface area contributed by atoms with E-state index in [0.717, 1.165) is 32.6 Å². The van der Waals surface area contributed by atoms with Gasteiger partial charge < -0.3 is 5.32 Å². The van der Waals surface area contributed by atoms with E-state index in [2.05, 4.69) is 23.2 Å². The van der Waals surface area contributed by atoms with E-state index in [1.54, 1.807) is 0 Å². The molecular formula is C13H23N3. The molecule has 2 unspecified atom stereocenters. The first kappa shape index (κ1) is 11.9. The Morgan fingerprint density at radius 2 is 1.94 bits per heavy atom. The first-order valence-electron chi connectivity index (χ1n) is 6.66. The molecular weight excluding hydrogens is 198 g/mol. The fraction of sp³-hybridized carbons (Fsp3) is 0.923. The van der Waals surface area contributed by atoms with Crippen molar-refractivity contribution in [3.8, 4) is 6.07 Å². The van der Waals surface area contributed by atoms with Gasteiger partial charge in [0.05, 0.1) is 6.07 Å². The molecule has 2 aliphatic heterocycles. The van der Waals surface area contributed by atoms with Crippen LogP contribution < -0.4 is 5.32 Å². The minimum Gasteiger partial charge on any atom is -0.316 e. The molecule has 0 bridgehead atoms. The normalized spacial score (nSPS) is 37.6. The molecule has 0 aliphatic carbocycles. The van der Waals surface area contributed by atoms with E-state index in [1.165, 1.54) is 25.7 Å². The van der Waals surface area contributed by atoms with Gasteiger partial charge in [-0.05, 0) is 38.9 Å². The Labute approximate surface area is 98.8 Å². The van der Waals surface area contributed by atoms with E-state index >= 15 is 0 Å². The van der Waals surface area contributed by atoms with Gasteiger partial charge in [-0.1, -0.05) is 19.8 Å². The molecule has 0 aromatic carbocycles. The van der Waals surface area contributed by atoms with Gasteiger partial charge in [0.2, 0.25) is 0 Å². The van der Waals surface area contributed by atoms with Crippen molar-refractivity contribution >= 4 is 0 Å².